The lowest BCUT2D eigenvalue weighted by Crippen LogP contribution is -2.15. The number of alkyl halides is 1. The predicted molar refractivity (Wildman–Crippen MR) is 106 cm³/mol. The third kappa shape index (κ3) is 8.00. The molecule has 0 aliphatic carbocycles. The van der Waals surface area contributed by atoms with Crippen molar-refractivity contribution in [2.75, 3.05) is 7.11 Å². The average Bonchev–Trinajstić information content (AvgIpc) is 2.70. The zero-order valence-corrected chi connectivity index (χ0v) is 16.4. The van der Waals surface area contributed by atoms with E-state index in [0.29, 0.717) is 13.0 Å². The molecular weight excluding hydrogens is 367 g/mol. The largest absolute Gasteiger partial charge is 0.489 e. The number of benzene rings is 2. The van der Waals surface area contributed by atoms with Crippen LogP contribution < -0.4 is 4.74 Å². The summed E-state index contributed by atoms with van der Waals surface area (Å²) in [5, 5.41) is -0.530. The summed E-state index contributed by atoms with van der Waals surface area (Å²) in [6.45, 7) is 0.423. The van der Waals surface area contributed by atoms with Crippen LogP contribution in [0.3, 0.4) is 0 Å². The molecule has 5 heteroatoms. The number of unbranched alkanes of at least 4 members (excludes halogenated alkanes) is 3. The Morgan fingerprint density at radius 1 is 0.963 bits per heavy atom. The normalized spacial score (nSPS) is 11.8. The van der Waals surface area contributed by atoms with Crippen LogP contribution in [0.4, 0.5) is 4.39 Å². The molecule has 0 saturated heterocycles. The van der Waals surface area contributed by atoms with Crippen LogP contribution in [0.1, 0.15) is 43.2 Å². The van der Waals surface area contributed by atoms with Gasteiger partial charge in [0.05, 0.1) is 7.11 Å². The van der Waals surface area contributed by atoms with Crippen molar-refractivity contribution in [3.8, 4) is 5.75 Å². The molecular formula is C22H26ClFO3. The third-order valence-electron chi connectivity index (χ3n) is 4.37. The maximum Gasteiger partial charge on any atom is 0.323 e. The molecule has 2 rings (SSSR count). The minimum Gasteiger partial charge on any atom is -0.489 e. The predicted octanol–water partition coefficient (Wildman–Crippen LogP) is 5.68. The summed E-state index contributed by atoms with van der Waals surface area (Å²) in [5.74, 6) is 0.214. The van der Waals surface area contributed by atoms with Gasteiger partial charge in [-0.1, -0.05) is 43.5 Å². The molecule has 146 valence electrons. The summed E-state index contributed by atoms with van der Waals surface area (Å²) in [5.41, 5.74) is 2.21. The van der Waals surface area contributed by atoms with Crippen LogP contribution in [-0.2, 0) is 22.6 Å². The first-order valence-corrected chi connectivity index (χ1v) is 9.70. The number of aryl methyl sites for hydroxylation is 1. The number of ether oxygens (including phenoxy) is 2. The second kappa shape index (κ2) is 11.6. The molecule has 1 unspecified atom stereocenters. The van der Waals surface area contributed by atoms with Gasteiger partial charge in [-0.15, -0.1) is 11.6 Å². The van der Waals surface area contributed by atoms with Gasteiger partial charge in [0, 0.05) is 0 Å². The van der Waals surface area contributed by atoms with Crippen LogP contribution in [0.25, 0.3) is 0 Å². The van der Waals surface area contributed by atoms with Gasteiger partial charge in [-0.2, -0.15) is 0 Å². The van der Waals surface area contributed by atoms with Crippen LogP contribution in [0.2, 0.25) is 0 Å². The van der Waals surface area contributed by atoms with Crippen LogP contribution in [0.5, 0.6) is 5.75 Å². The minimum atomic E-state index is -0.530. The highest BCUT2D eigenvalue weighted by atomic mass is 35.5. The molecule has 0 N–H and O–H groups in total. The third-order valence-corrected chi connectivity index (χ3v) is 4.77. The van der Waals surface area contributed by atoms with Gasteiger partial charge in [0.15, 0.2) is 0 Å². The molecule has 0 spiro atoms. The molecule has 0 aliphatic heterocycles. The molecule has 0 saturated carbocycles. The molecule has 1 atom stereocenters. The molecule has 0 amide bonds. The lowest BCUT2D eigenvalue weighted by molar-refractivity contribution is -0.140. The Morgan fingerprint density at radius 2 is 1.59 bits per heavy atom. The molecule has 0 heterocycles. The molecule has 0 radical (unpaired) electrons. The highest BCUT2D eigenvalue weighted by Crippen LogP contribution is 2.17. The first-order valence-electron chi connectivity index (χ1n) is 9.26. The number of methoxy groups -OCH3 is 1. The van der Waals surface area contributed by atoms with E-state index < -0.39 is 5.38 Å². The van der Waals surface area contributed by atoms with Crippen molar-refractivity contribution in [2.45, 2.75) is 50.5 Å². The Labute approximate surface area is 165 Å². The zero-order chi connectivity index (χ0) is 19.5. The van der Waals surface area contributed by atoms with Gasteiger partial charge in [-0.25, -0.2) is 4.39 Å². The molecule has 3 nitrogen and oxygen atoms in total. The second-order valence-corrected chi connectivity index (χ2v) is 7.03. The lowest BCUT2D eigenvalue weighted by atomic mass is 10.0. The van der Waals surface area contributed by atoms with E-state index in [1.54, 1.807) is 12.1 Å². The summed E-state index contributed by atoms with van der Waals surface area (Å²) in [6.07, 6.45) is 5.86. The van der Waals surface area contributed by atoms with Gasteiger partial charge in [0.2, 0.25) is 0 Å². The maximum absolute atomic E-state index is 12.9. The Bertz CT molecular complexity index is 686. The average molecular weight is 393 g/mol. The van der Waals surface area contributed by atoms with Crippen molar-refractivity contribution < 1.29 is 18.7 Å². The standard InChI is InChI=1S/C22H26ClFO3/c1-26-22(25)21(23)7-5-3-2-4-6-17-10-14-20(15-11-17)27-16-18-8-12-19(24)13-9-18/h8-15,21H,2-7,16H2,1H3. The van der Waals surface area contributed by atoms with E-state index >= 15 is 0 Å². The maximum atomic E-state index is 12.9. The molecule has 0 bridgehead atoms. The van der Waals surface area contributed by atoms with E-state index in [1.165, 1.54) is 24.8 Å². The minimum absolute atomic E-state index is 0.242. The van der Waals surface area contributed by atoms with Gasteiger partial charge >= 0.3 is 5.97 Å². The highest BCUT2D eigenvalue weighted by Gasteiger charge is 2.14. The van der Waals surface area contributed by atoms with Crippen LogP contribution in [-0.4, -0.2) is 18.5 Å². The monoisotopic (exact) mass is 392 g/mol. The number of esters is 1. The van der Waals surface area contributed by atoms with Crippen molar-refractivity contribution in [3.63, 3.8) is 0 Å². The molecule has 2 aromatic carbocycles. The molecule has 0 aromatic heterocycles. The van der Waals surface area contributed by atoms with E-state index in [1.807, 2.05) is 12.1 Å². The topological polar surface area (TPSA) is 35.5 Å². The smallest absolute Gasteiger partial charge is 0.323 e. The Hall–Kier alpha value is -2.07. The van der Waals surface area contributed by atoms with Gasteiger partial charge in [-0.05, 0) is 54.7 Å². The van der Waals surface area contributed by atoms with Crippen molar-refractivity contribution in [2.24, 2.45) is 0 Å². The first kappa shape index (κ1) is 21.2. The van der Waals surface area contributed by atoms with E-state index in [2.05, 4.69) is 16.9 Å². The van der Waals surface area contributed by atoms with Crippen LogP contribution in [0.15, 0.2) is 48.5 Å². The van der Waals surface area contributed by atoms with Crippen LogP contribution >= 0.6 is 11.6 Å². The van der Waals surface area contributed by atoms with Crippen molar-refractivity contribution in [1.82, 2.24) is 0 Å². The summed E-state index contributed by atoms with van der Waals surface area (Å²) in [6, 6.07) is 14.4. The highest BCUT2D eigenvalue weighted by molar-refractivity contribution is 6.29. The van der Waals surface area contributed by atoms with Gasteiger partial charge in [0.1, 0.15) is 23.6 Å². The zero-order valence-electron chi connectivity index (χ0n) is 15.6. The summed E-state index contributed by atoms with van der Waals surface area (Å²) in [4.78, 5) is 11.2. The lowest BCUT2D eigenvalue weighted by Gasteiger charge is -2.08. The van der Waals surface area contributed by atoms with Crippen molar-refractivity contribution in [3.05, 3.63) is 65.5 Å². The molecule has 2 aromatic rings. The SMILES string of the molecule is COC(=O)C(Cl)CCCCCCc1ccc(OCc2ccc(F)cc2)cc1. The number of rotatable bonds is 11. The van der Waals surface area contributed by atoms with Gasteiger partial charge in [-0.3, -0.25) is 4.79 Å². The fourth-order valence-electron chi connectivity index (χ4n) is 2.75. The summed E-state index contributed by atoms with van der Waals surface area (Å²) < 4.78 is 23.2. The van der Waals surface area contributed by atoms with Gasteiger partial charge in [0.25, 0.3) is 0 Å². The van der Waals surface area contributed by atoms with E-state index in [9.17, 15) is 9.18 Å². The number of hydrogen-bond acceptors (Lipinski definition) is 3. The summed E-state index contributed by atoms with van der Waals surface area (Å²) >= 11 is 5.92. The quantitative estimate of drug-likeness (QED) is 0.280. The van der Waals surface area contributed by atoms with Crippen LogP contribution in [0, 0.1) is 5.82 Å². The van der Waals surface area contributed by atoms with E-state index in [4.69, 9.17) is 16.3 Å². The number of carbonyl (C=O) groups is 1. The summed E-state index contributed by atoms with van der Waals surface area (Å²) in [7, 11) is 1.36. The van der Waals surface area contributed by atoms with Gasteiger partial charge < -0.3 is 9.47 Å². The van der Waals surface area contributed by atoms with E-state index in [-0.39, 0.29) is 11.8 Å². The number of hydrogen-bond donors (Lipinski definition) is 0. The number of carbonyl (C=O) groups excluding carboxylic acids is 1. The number of halogens is 2. The second-order valence-electron chi connectivity index (χ2n) is 6.50. The Kier molecular flexibility index (Phi) is 9.12. The Balaban J connectivity index is 1.61. The van der Waals surface area contributed by atoms with Crippen molar-refractivity contribution in [1.29, 1.82) is 0 Å². The van der Waals surface area contributed by atoms with E-state index in [0.717, 1.165) is 43.4 Å². The Morgan fingerprint density at radius 3 is 2.26 bits per heavy atom. The molecule has 0 fully saturated rings. The fraction of sp³-hybridized carbons (Fsp3) is 0.409. The fourth-order valence-corrected chi connectivity index (χ4v) is 2.99. The molecule has 27 heavy (non-hydrogen) atoms. The molecule has 0 aliphatic rings. The first-order chi connectivity index (χ1) is 13.1. The van der Waals surface area contributed by atoms with Crippen molar-refractivity contribution >= 4 is 17.6 Å².